The molecule has 0 aliphatic heterocycles. The predicted octanol–water partition coefficient (Wildman–Crippen LogP) is 3.20. The van der Waals surface area contributed by atoms with Crippen molar-refractivity contribution >= 4 is 41.7 Å². The molecule has 0 atom stereocenters. The van der Waals surface area contributed by atoms with Gasteiger partial charge in [0, 0.05) is 33.4 Å². The average molecular weight is 665 g/mol. The van der Waals surface area contributed by atoms with Crippen LogP contribution in [0.4, 0.5) is 9.59 Å². The van der Waals surface area contributed by atoms with Gasteiger partial charge in [-0.25, -0.2) is 19.2 Å². The number of carbonyl (C=O) groups is 7. The highest BCUT2D eigenvalue weighted by molar-refractivity contribution is 6.28. The Hall–Kier alpha value is -5.79. The van der Waals surface area contributed by atoms with Crippen LogP contribution in [-0.2, 0) is 44.7 Å². The topological polar surface area (TPSA) is 190 Å². The molecule has 1 aliphatic rings. The fourth-order valence-corrected chi connectivity index (χ4v) is 4.11. The molecule has 14 heteroatoms. The molecule has 0 unspecified atom stereocenters. The Bertz CT molecular complexity index is 1590. The number of amides is 2. The van der Waals surface area contributed by atoms with Gasteiger partial charge in [0.2, 0.25) is 0 Å². The Labute approximate surface area is 276 Å². The Morgan fingerprint density at radius 3 is 1.60 bits per heavy atom. The number of carbonyl (C=O) groups excluding carboxylic acids is 7. The van der Waals surface area contributed by atoms with Gasteiger partial charge in [-0.05, 0) is 38.5 Å². The number of benzene rings is 2. The van der Waals surface area contributed by atoms with Crippen molar-refractivity contribution in [2.75, 3.05) is 39.5 Å². The number of rotatable bonds is 15. The van der Waals surface area contributed by atoms with Crippen LogP contribution < -0.4 is 10.6 Å². The minimum Gasteiger partial charge on any atom is -0.460 e. The number of alkyl carbamates (subject to hydrolysis) is 2. The van der Waals surface area contributed by atoms with E-state index >= 15 is 0 Å². The number of fused-ring (bicyclic) bond motifs is 2. The molecule has 3 rings (SSSR count). The summed E-state index contributed by atoms with van der Waals surface area (Å²) in [6.07, 6.45) is -1.91. The number of ketones is 2. The fraction of sp³-hybridized carbons (Fsp3) is 0.324. The summed E-state index contributed by atoms with van der Waals surface area (Å²) in [6.45, 7) is 9.14. The maximum absolute atomic E-state index is 13.3. The lowest BCUT2D eigenvalue weighted by atomic mass is 9.83. The van der Waals surface area contributed by atoms with Crippen molar-refractivity contribution in [2.24, 2.45) is 5.41 Å². The first-order valence-corrected chi connectivity index (χ1v) is 14.7. The third-order valence-corrected chi connectivity index (χ3v) is 6.80. The van der Waals surface area contributed by atoms with E-state index in [-0.39, 0.29) is 72.3 Å². The van der Waals surface area contributed by atoms with Crippen LogP contribution in [0, 0.1) is 5.41 Å². The van der Waals surface area contributed by atoms with E-state index in [1.165, 1.54) is 39.0 Å². The zero-order valence-corrected chi connectivity index (χ0v) is 26.8. The molecule has 48 heavy (non-hydrogen) atoms. The molecule has 2 aromatic carbocycles. The first kappa shape index (κ1) is 36.7. The number of esters is 3. The summed E-state index contributed by atoms with van der Waals surface area (Å²) in [5, 5.41) is 4.72. The second kappa shape index (κ2) is 16.7. The molecule has 2 amide bonds. The molecular weight excluding hydrogens is 628 g/mol. The standard InChI is InChI=1S/C34H36N2O12/c1-20(2)29(39)44-14-12-35-32(42)47-18-34(5,19-48-33(43)36-13-15-45-30(40)21(3)4)31(41)46-17-22-10-11-25-26(16-22)28(38)24-9-7-6-8-23(24)27(25)37/h6-11,16H,1,3,12-15,17-19H2,2,4-5H3,(H,35,42)(H,36,43). The van der Waals surface area contributed by atoms with Crippen molar-refractivity contribution in [3.63, 3.8) is 0 Å². The van der Waals surface area contributed by atoms with E-state index in [2.05, 4.69) is 23.8 Å². The minimum atomic E-state index is -1.72. The maximum Gasteiger partial charge on any atom is 0.407 e. The van der Waals surface area contributed by atoms with Gasteiger partial charge >= 0.3 is 30.1 Å². The van der Waals surface area contributed by atoms with Crippen LogP contribution in [-0.4, -0.2) is 81.2 Å². The van der Waals surface area contributed by atoms with Crippen LogP contribution in [0.25, 0.3) is 0 Å². The van der Waals surface area contributed by atoms with Crippen molar-refractivity contribution in [1.82, 2.24) is 10.6 Å². The number of nitrogens with one attached hydrogen (secondary N) is 2. The molecule has 0 spiro atoms. The molecule has 0 radical (unpaired) electrons. The molecule has 2 N–H and O–H groups in total. The lowest BCUT2D eigenvalue weighted by Crippen LogP contribution is -2.43. The summed E-state index contributed by atoms with van der Waals surface area (Å²) in [4.78, 5) is 86.9. The van der Waals surface area contributed by atoms with E-state index in [0.29, 0.717) is 11.1 Å². The summed E-state index contributed by atoms with van der Waals surface area (Å²) in [6, 6.07) is 11.0. The van der Waals surface area contributed by atoms with E-state index < -0.39 is 48.7 Å². The van der Waals surface area contributed by atoms with Gasteiger partial charge in [0.05, 0.1) is 13.1 Å². The molecule has 14 nitrogen and oxygen atoms in total. The third kappa shape index (κ3) is 9.85. The third-order valence-electron chi connectivity index (χ3n) is 6.80. The van der Waals surface area contributed by atoms with Crippen molar-refractivity contribution in [3.8, 4) is 0 Å². The molecule has 0 bridgehead atoms. The van der Waals surface area contributed by atoms with Crippen molar-refractivity contribution in [3.05, 3.63) is 94.6 Å². The van der Waals surface area contributed by atoms with Crippen LogP contribution >= 0.6 is 0 Å². The monoisotopic (exact) mass is 664 g/mol. The normalized spacial score (nSPS) is 11.6. The Balaban J connectivity index is 1.64. The first-order valence-electron chi connectivity index (χ1n) is 14.7. The highest BCUT2D eigenvalue weighted by atomic mass is 16.6. The van der Waals surface area contributed by atoms with E-state index in [1.807, 2.05) is 0 Å². The predicted molar refractivity (Wildman–Crippen MR) is 168 cm³/mol. The molecule has 0 saturated carbocycles. The van der Waals surface area contributed by atoms with Gasteiger partial charge in [0.25, 0.3) is 0 Å². The van der Waals surface area contributed by atoms with Gasteiger partial charge in [-0.2, -0.15) is 0 Å². The van der Waals surface area contributed by atoms with Crippen LogP contribution in [0.5, 0.6) is 0 Å². The average Bonchev–Trinajstić information content (AvgIpc) is 3.07. The Kier molecular flexibility index (Phi) is 12.7. The largest absolute Gasteiger partial charge is 0.460 e. The molecule has 0 aromatic heterocycles. The first-order chi connectivity index (χ1) is 22.7. The van der Waals surface area contributed by atoms with E-state index in [9.17, 15) is 33.6 Å². The van der Waals surface area contributed by atoms with Gasteiger partial charge in [0.1, 0.15) is 38.4 Å². The second-order valence-electron chi connectivity index (χ2n) is 11.1. The molecule has 0 heterocycles. The summed E-state index contributed by atoms with van der Waals surface area (Å²) in [5.41, 5.74) is 0.0142. The Morgan fingerprint density at radius 1 is 0.667 bits per heavy atom. The van der Waals surface area contributed by atoms with Crippen LogP contribution in [0.15, 0.2) is 66.8 Å². The molecule has 0 saturated heterocycles. The van der Waals surface area contributed by atoms with E-state index in [1.54, 1.807) is 24.3 Å². The summed E-state index contributed by atoms with van der Waals surface area (Å²) in [7, 11) is 0. The van der Waals surface area contributed by atoms with Crippen molar-refractivity contribution in [2.45, 2.75) is 27.4 Å². The summed E-state index contributed by atoms with van der Waals surface area (Å²) < 4.78 is 25.6. The Morgan fingerprint density at radius 2 is 1.12 bits per heavy atom. The zero-order valence-electron chi connectivity index (χ0n) is 26.8. The lowest BCUT2D eigenvalue weighted by Gasteiger charge is -2.26. The van der Waals surface area contributed by atoms with Gasteiger partial charge < -0.3 is 34.3 Å². The smallest absolute Gasteiger partial charge is 0.407 e. The number of hydrogen-bond acceptors (Lipinski definition) is 12. The van der Waals surface area contributed by atoms with Gasteiger partial charge in [-0.3, -0.25) is 14.4 Å². The molecule has 254 valence electrons. The quantitative estimate of drug-likeness (QED) is 0.105. The highest BCUT2D eigenvalue weighted by Crippen LogP contribution is 2.28. The van der Waals surface area contributed by atoms with Gasteiger partial charge in [0.15, 0.2) is 11.6 Å². The highest BCUT2D eigenvalue weighted by Gasteiger charge is 2.39. The molecule has 2 aromatic rings. The fourth-order valence-electron chi connectivity index (χ4n) is 4.11. The van der Waals surface area contributed by atoms with Crippen molar-refractivity contribution < 1.29 is 57.2 Å². The maximum atomic E-state index is 13.3. The number of ether oxygens (including phenoxy) is 5. The summed E-state index contributed by atoms with van der Waals surface area (Å²) >= 11 is 0. The van der Waals surface area contributed by atoms with Gasteiger partial charge in [-0.1, -0.05) is 43.5 Å². The molecule has 1 aliphatic carbocycles. The minimum absolute atomic E-state index is 0.0993. The SMILES string of the molecule is C=C(C)C(=O)OCCNC(=O)OCC(C)(COC(=O)NCCOC(=O)C(=C)C)C(=O)OCc1ccc2c(c1)C(=O)c1ccccc1C2=O. The number of hydrogen-bond donors (Lipinski definition) is 2. The van der Waals surface area contributed by atoms with Gasteiger partial charge in [-0.15, -0.1) is 0 Å². The molecular formula is C34H36N2O12. The van der Waals surface area contributed by atoms with E-state index in [0.717, 1.165) is 0 Å². The lowest BCUT2D eigenvalue weighted by molar-refractivity contribution is -0.161. The zero-order chi connectivity index (χ0) is 35.4. The summed E-state index contributed by atoms with van der Waals surface area (Å²) in [5.74, 6) is -2.83. The van der Waals surface area contributed by atoms with E-state index in [4.69, 9.17) is 23.7 Å². The molecule has 0 fully saturated rings. The van der Waals surface area contributed by atoms with Crippen LogP contribution in [0.2, 0.25) is 0 Å². The van der Waals surface area contributed by atoms with Crippen LogP contribution in [0.3, 0.4) is 0 Å². The van der Waals surface area contributed by atoms with Crippen LogP contribution in [0.1, 0.15) is 58.2 Å². The van der Waals surface area contributed by atoms with Crippen molar-refractivity contribution in [1.29, 1.82) is 0 Å². The second-order valence-corrected chi connectivity index (χ2v) is 11.1.